The molecule has 8 nitrogen and oxygen atoms in total. The van der Waals surface area contributed by atoms with Crippen LogP contribution in [0.2, 0.25) is 0 Å². The highest BCUT2D eigenvalue weighted by atomic mass is 16.7. The number of hydrogen-bond acceptors (Lipinski definition) is 8. The maximum Gasteiger partial charge on any atom is 0.184 e. The lowest BCUT2D eigenvalue weighted by Crippen LogP contribution is -2.59. The molecular formula is C18H27NO7. The Bertz CT molecular complexity index is 561. The van der Waals surface area contributed by atoms with Crippen LogP contribution in [0.3, 0.4) is 0 Å². The third kappa shape index (κ3) is 4.34. The quantitative estimate of drug-likeness (QED) is 0.446. The van der Waals surface area contributed by atoms with E-state index in [4.69, 9.17) is 14.6 Å². The van der Waals surface area contributed by atoms with Crippen LogP contribution in [0.1, 0.15) is 18.4 Å². The maximum atomic E-state index is 10.1. The van der Waals surface area contributed by atoms with Gasteiger partial charge in [-0.25, -0.2) is 0 Å². The fourth-order valence-electron chi connectivity index (χ4n) is 3.37. The highest BCUT2D eigenvalue weighted by Crippen LogP contribution is 2.24. The summed E-state index contributed by atoms with van der Waals surface area (Å²) in [5.74, 6) is 0. The second-order valence-electron chi connectivity index (χ2n) is 6.89. The lowest BCUT2D eigenvalue weighted by Gasteiger charge is -2.39. The molecule has 2 aliphatic rings. The summed E-state index contributed by atoms with van der Waals surface area (Å²) in [4.78, 5) is 2.21. The average molecular weight is 369 g/mol. The Hall–Kier alpha value is -1.26. The lowest BCUT2D eigenvalue weighted by atomic mass is 9.99. The second-order valence-corrected chi connectivity index (χ2v) is 6.89. The van der Waals surface area contributed by atoms with Gasteiger partial charge in [0.05, 0.1) is 19.3 Å². The van der Waals surface area contributed by atoms with E-state index in [2.05, 4.69) is 4.90 Å². The monoisotopic (exact) mass is 369 g/mol. The number of aliphatic hydroxyl groups excluding tert-OH is 5. The van der Waals surface area contributed by atoms with Gasteiger partial charge in [0.1, 0.15) is 24.4 Å². The fourth-order valence-corrected chi connectivity index (χ4v) is 3.37. The topological polar surface area (TPSA) is 123 Å². The molecule has 0 aliphatic carbocycles. The van der Waals surface area contributed by atoms with Crippen molar-refractivity contribution in [2.75, 3.05) is 24.6 Å². The van der Waals surface area contributed by atoms with E-state index in [0.717, 1.165) is 37.2 Å². The summed E-state index contributed by atoms with van der Waals surface area (Å²) in [6, 6.07) is 7.74. The summed E-state index contributed by atoms with van der Waals surface area (Å²) >= 11 is 0. The number of rotatable bonds is 5. The van der Waals surface area contributed by atoms with Gasteiger partial charge in [-0.3, -0.25) is 0 Å². The minimum Gasteiger partial charge on any atom is -0.394 e. The summed E-state index contributed by atoms with van der Waals surface area (Å²) in [5, 5.41) is 48.5. The van der Waals surface area contributed by atoms with Gasteiger partial charge in [-0.2, -0.15) is 0 Å². The molecule has 0 bridgehead atoms. The summed E-state index contributed by atoms with van der Waals surface area (Å²) in [6.45, 7) is 1.27. The van der Waals surface area contributed by atoms with Crippen molar-refractivity contribution in [3.63, 3.8) is 0 Å². The van der Waals surface area contributed by atoms with Crippen LogP contribution >= 0.6 is 0 Å². The van der Waals surface area contributed by atoms with Gasteiger partial charge in [-0.1, -0.05) is 12.1 Å². The Morgan fingerprint density at radius 1 is 1.00 bits per heavy atom. The second kappa shape index (κ2) is 8.62. The average Bonchev–Trinajstić information content (AvgIpc) is 2.66. The molecule has 5 atom stereocenters. The summed E-state index contributed by atoms with van der Waals surface area (Å²) < 4.78 is 10.6. The zero-order chi connectivity index (χ0) is 18.7. The van der Waals surface area contributed by atoms with Gasteiger partial charge in [0.15, 0.2) is 6.29 Å². The van der Waals surface area contributed by atoms with E-state index in [1.54, 1.807) is 0 Å². The van der Waals surface area contributed by atoms with Gasteiger partial charge in [-0.15, -0.1) is 0 Å². The molecule has 2 heterocycles. The summed E-state index contributed by atoms with van der Waals surface area (Å²) in [7, 11) is 0. The molecule has 2 aliphatic heterocycles. The van der Waals surface area contributed by atoms with Crippen LogP contribution in [0.5, 0.6) is 0 Å². The van der Waals surface area contributed by atoms with Gasteiger partial charge < -0.3 is 39.9 Å². The highest BCUT2D eigenvalue weighted by Gasteiger charge is 2.44. The predicted octanol–water partition coefficient (Wildman–Crippen LogP) is -1.04. The number of aliphatic hydroxyl groups is 5. The molecule has 0 unspecified atom stereocenters. The van der Waals surface area contributed by atoms with Crippen molar-refractivity contribution in [2.45, 2.75) is 56.3 Å². The van der Waals surface area contributed by atoms with Gasteiger partial charge in [0.2, 0.25) is 0 Å². The molecule has 26 heavy (non-hydrogen) atoms. The molecule has 146 valence electrons. The predicted molar refractivity (Wildman–Crippen MR) is 92.5 cm³/mol. The van der Waals surface area contributed by atoms with Crippen molar-refractivity contribution in [1.82, 2.24) is 0 Å². The Morgan fingerprint density at radius 2 is 1.65 bits per heavy atom. The molecule has 2 saturated heterocycles. The van der Waals surface area contributed by atoms with E-state index in [-0.39, 0.29) is 12.7 Å². The Kier molecular flexibility index (Phi) is 6.46. The molecule has 2 fully saturated rings. The van der Waals surface area contributed by atoms with E-state index in [1.165, 1.54) is 0 Å². The van der Waals surface area contributed by atoms with E-state index in [9.17, 15) is 20.4 Å². The van der Waals surface area contributed by atoms with Crippen molar-refractivity contribution >= 4 is 5.69 Å². The van der Waals surface area contributed by atoms with Crippen LogP contribution in [-0.4, -0.2) is 82.0 Å². The van der Waals surface area contributed by atoms with Crippen molar-refractivity contribution in [1.29, 1.82) is 0 Å². The molecule has 1 aromatic rings. The van der Waals surface area contributed by atoms with Gasteiger partial charge in [0, 0.05) is 18.8 Å². The van der Waals surface area contributed by atoms with Gasteiger partial charge in [-0.05, 0) is 30.5 Å². The number of hydrogen-bond donors (Lipinski definition) is 5. The standard InChI is InChI=1S/C18H27NO7/c20-9-14-15(22)16(23)17(18(24)26-14)25-10-11-1-3-12(4-2-11)19-7-5-13(21)6-8-19/h1-4,13-18,20-24H,5-10H2/t14-,15-,16+,17-,18-/m1/s1. The maximum absolute atomic E-state index is 10.1. The molecule has 1 aromatic carbocycles. The van der Waals surface area contributed by atoms with Crippen LogP contribution in [-0.2, 0) is 16.1 Å². The molecule has 8 heteroatoms. The zero-order valence-electron chi connectivity index (χ0n) is 14.5. The SMILES string of the molecule is OC[C@H]1O[C@@H](O)[C@H](OCc2ccc(N3CCC(O)CC3)cc2)[C@@H](O)[C@@H]1O. The van der Waals surface area contributed by atoms with Gasteiger partial charge >= 0.3 is 0 Å². The van der Waals surface area contributed by atoms with Crippen LogP contribution in [0.15, 0.2) is 24.3 Å². The van der Waals surface area contributed by atoms with Crippen LogP contribution in [0.4, 0.5) is 5.69 Å². The minimum atomic E-state index is -1.43. The number of ether oxygens (including phenoxy) is 2. The van der Waals surface area contributed by atoms with Crippen LogP contribution < -0.4 is 4.90 Å². The molecule has 0 saturated carbocycles. The Labute approximate surface area is 152 Å². The first-order valence-corrected chi connectivity index (χ1v) is 8.93. The smallest absolute Gasteiger partial charge is 0.184 e. The fraction of sp³-hybridized carbons (Fsp3) is 0.667. The van der Waals surface area contributed by atoms with E-state index >= 15 is 0 Å². The molecular weight excluding hydrogens is 342 g/mol. The first-order chi connectivity index (χ1) is 12.5. The van der Waals surface area contributed by atoms with E-state index < -0.39 is 37.3 Å². The summed E-state index contributed by atoms with van der Waals surface area (Å²) in [5.41, 5.74) is 1.92. The molecule has 0 aromatic heterocycles. The molecule has 0 spiro atoms. The number of benzene rings is 1. The van der Waals surface area contributed by atoms with Crippen LogP contribution in [0.25, 0.3) is 0 Å². The number of anilines is 1. The minimum absolute atomic E-state index is 0.137. The Morgan fingerprint density at radius 3 is 2.27 bits per heavy atom. The van der Waals surface area contributed by atoms with Gasteiger partial charge in [0.25, 0.3) is 0 Å². The highest BCUT2D eigenvalue weighted by molar-refractivity contribution is 5.47. The lowest BCUT2D eigenvalue weighted by molar-refractivity contribution is -0.298. The van der Waals surface area contributed by atoms with E-state index in [0.29, 0.717) is 0 Å². The normalized spacial score (nSPS) is 33.4. The third-order valence-corrected chi connectivity index (χ3v) is 5.05. The van der Waals surface area contributed by atoms with Crippen LogP contribution in [0, 0.1) is 0 Å². The van der Waals surface area contributed by atoms with Crippen molar-refractivity contribution in [2.24, 2.45) is 0 Å². The molecule has 0 amide bonds. The number of piperidine rings is 1. The first-order valence-electron chi connectivity index (χ1n) is 8.93. The zero-order valence-corrected chi connectivity index (χ0v) is 14.5. The third-order valence-electron chi connectivity index (χ3n) is 5.05. The van der Waals surface area contributed by atoms with Crippen molar-refractivity contribution in [3.8, 4) is 0 Å². The molecule has 3 rings (SSSR count). The Balaban J connectivity index is 1.54. The summed E-state index contributed by atoms with van der Waals surface area (Å²) in [6.07, 6.45) is -4.93. The largest absolute Gasteiger partial charge is 0.394 e. The molecule has 5 N–H and O–H groups in total. The van der Waals surface area contributed by atoms with E-state index in [1.807, 2.05) is 24.3 Å². The molecule has 0 radical (unpaired) electrons. The first kappa shape index (κ1) is 19.5. The number of nitrogens with zero attached hydrogens (tertiary/aromatic N) is 1. The van der Waals surface area contributed by atoms with Crippen molar-refractivity contribution in [3.05, 3.63) is 29.8 Å². The van der Waals surface area contributed by atoms with Crippen molar-refractivity contribution < 1.29 is 35.0 Å².